The number of aromatic nitrogens is 3. The van der Waals surface area contributed by atoms with Gasteiger partial charge in [-0.2, -0.15) is 0 Å². The fraction of sp³-hybridized carbons (Fsp3) is 0.423. The number of amides is 1. The average Bonchev–Trinajstić information content (AvgIpc) is 3.72. The van der Waals surface area contributed by atoms with Crippen molar-refractivity contribution in [2.45, 2.75) is 38.8 Å². The molecule has 0 unspecified atom stereocenters. The van der Waals surface area contributed by atoms with E-state index in [4.69, 9.17) is 0 Å². The molecular formula is C26H29FN6O6. The summed E-state index contributed by atoms with van der Waals surface area (Å²) in [5.74, 6) is -2.32. The van der Waals surface area contributed by atoms with Crippen LogP contribution >= 0.6 is 0 Å². The zero-order valence-electron chi connectivity index (χ0n) is 21.4. The van der Waals surface area contributed by atoms with E-state index in [2.05, 4.69) is 10.3 Å². The van der Waals surface area contributed by atoms with E-state index in [0.29, 0.717) is 43.8 Å². The van der Waals surface area contributed by atoms with Crippen LogP contribution in [0.4, 0.5) is 15.9 Å². The van der Waals surface area contributed by atoms with E-state index < -0.39 is 34.4 Å². The Labute approximate surface area is 221 Å². The van der Waals surface area contributed by atoms with Crippen molar-refractivity contribution in [1.82, 2.24) is 19.0 Å². The molecule has 3 N–H and O–H groups in total. The van der Waals surface area contributed by atoms with Crippen LogP contribution in [0.25, 0.3) is 10.9 Å². The number of hydrogen-bond donors (Lipinski definition) is 3. The molecule has 3 aromatic rings. The lowest BCUT2D eigenvalue weighted by atomic mass is 10.1. The van der Waals surface area contributed by atoms with Crippen LogP contribution in [0, 0.1) is 5.82 Å². The average molecular weight is 541 g/mol. The normalized spacial score (nSPS) is 16.0. The van der Waals surface area contributed by atoms with Crippen molar-refractivity contribution in [3.05, 3.63) is 66.8 Å². The number of carboxylic acids is 1. The maximum atomic E-state index is 15.2. The smallest absolute Gasteiger partial charge is 0.341 e. The summed E-state index contributed by atoms with van der Waals surface area (Å²) in [7, 11) is 0. The second-order valence-electron chi connectivity index (χ2n) is 9.93. The van der Waals surface area contributed by atoms with Crippen molar-refractivity contribution in [2.24, 2.45) is 0 Å². The fourth-order valence-corrected chi connectivity index (χ4v) is 4.97. The molecule has 2 fully saturated rings. The zero-order valence-corrected chi connectivity index (χ0v) is 21.4. The minimum atomic E-state index is -1.34. The Morgan fingerprint density at radius 1 is 1.10 bits per heavy atom. The molecule has 0 radical (unpaired) electrons. The molecule has 1 saturated heterocycles. The summed E-state index contributed by atoms with van der Waals surface area (Å²) in [6.07, 6.45) is 3.68. The molecule has 0 atom stereocenters. The van der Waals surface area contributed by atoms with Crippen molar-refractivity contribution in [3.8, 4) is 0 Å². The number of aromatic carboxylic acids is 1. The lowest BCUT2D eigenvalue weighted by Crippen LogP contribution is -2.49. The number of carbonyl (C=O) groups is 2. The minimum absolute atomic E-state index is 0.0211. The molecule has 1 aliphatic carbocycles. The highest BCUT2D eigenvalue weighted by molar-refractivity contribution is 5.94. The molecule has 13 heteroatoms. The number of halogens is 1. The summed E-state index contributed by atoms with van der Waals surface area (Å²) in [6.45, 7) is 3.89. The summed E-state index contributed by atoms with van der Waals surface area (Å²) >= 11 is 0. The van der Waals surface area contributed by atoms with Crippen LogP contribution in [0.15, 0.2) is 38.8 Å². The lowest BCUT2D eigenvalue weighted by Gasteiger charge is -2.36. The first-order valence-corrected chi connectivity index (χ1v) is 12.9. The Bertz CT molecular complexity index is 1600. The van der Waals surface area contributed by atoms with Crippen LogP contribution in [-0.2, 0) is 11.3 Å². The van der Waals surface area contributed by atoms with Crippen molar-refractivity contribution in [2.75, 3.05) is 42.9 Å². The molecule has 39 heavy (non-hydrogen) atoms. The Hall–Kier alpha value is -4.26. The molecule has 3 heterocycles. The van der Waals surface area contributed by atoms with Crippen LogP contribution in [-0.4, -0.2) is 68.7 Å². The van der Waals surface area contributed by atoms with Gasteiger partial charge in [0.25, 0.3) is 5.56 Å². The largest absolute Gasteiger partial charge is 0.477 e. The monoisotopic (exact) mass is 540 g/mol. The number of nitrogens with zero attached hydrogens (tertiary/aromatic N) is 4. The van der Waals surface area contributed by atoms with Gasteiger partial charge in [-0.05, 0) is 31.4 Å². The standard InChI is InChI=1S/C26H29FN6O6/c1-2-5-32-23(35)12-21(29-26(32)39)28-22(34)14-30-6-8-31(9-7-30)20-11-19-16(10-18(20)27)24(36)17(25(37)38)13-33(19)15-3-4-15/h10-13,15H,2-9,14H2,1H3,(H,28,34)(H,29,39)(H,37,38). The maximum Gasteiger partial charge on any atom is 0.341 e. The number of rotatable bonds is 8. The van der Waals surface area contributed by atoms with Crippen LogP contribution in [0.1, 0.15) is 42.6 Å². The van der Waals surface area contributed by atoms with Gasteiger partial charge in [-0.1, -0.05) is 6.92 Å². The van der Waals surface area contributed by atoms with E-state index in [1.54, 1.807) is 10.6 Å². The summed E-state index contributed by atoms with van der Waals surface area (Å²) in [4.78, 5) is 67.2. The molecule has 5 rings (SSSR count). The van der Waals surface area contributed by atoms with E-state index >= 15 is 4.39 Å². The molecule has 1 amide bonds. The molecule has 1 aromatic carbocycles. The fourth-order valence-electron chi connectivity index (χ4n) is 4.97. The molecule has 2 aromatic heterocycles. The van der Waals surface area contributed by atoms with Crippen LogP contribution in [0.3, 0.4) is 0 Å². The highest BCUT2D eigenvalue weighted by Gasteiger charge is 2.28. The number of nitrogens with one attached hydrogen (secondary N) is 2. The van der Waals surface area contributed by atoms with Crippen molar-refractivity contribution in [3.63, 3.8) is 0 Å². The van der Waals surface area contributed by atoms with Crippen LogP contribution in [0.5, 0.6) is 0 Å². The van der Waals surface area contributed by atoms with Gasteiger partial charge in [0.15, 0.2) is 0 Å². The quantitative estimate of drug-likeness (QED) is 0.386. The molecule has 2 aliphatic rings. The molecule has 12 nitrogen and oxygen atoms in total. The number of carbonyl (C=O) groups excluding carboxylic acids is 1. The molecule has 1 saturated carbocycles. The van der Waals surface area contributed by atoms with Crippen LogP contribution in [0.2, 0.25) is 0 Å². The summed E-state index contributed by atoms with van der Waals surface area (Å²) in [5.41, 5.74) is -1.35. The Morgan fingerprint density at radius 2 is 1.82 bits per heavy atom. The third-order valence-corrected chi connectivity index (χ3v) is 7.09. The van der Waals surface area contributed by atoms with Gasteiger partial charge < -0.3 is 19.9 Å². The Kier molecular flexibility index (Phi) is 7.08. The van der Waals surface area contributed by atoms with E-state index in [1.807, 2.05) is 16.7 Å². The predicted molar refractivity (Wildman–Crippen MR) is 142 cm³/mol. The Morgan fingerprint density at radius 3 is 2.44 bits per heavy atom. The second kappa shape index (κ2) is 10.5. The third kappa shape index (κ3) is 5.35. The van der Waals surface area contributed by atoms with Gasteiger partial charge in [0.1, 0.15) is 17.2 Å². The summed E-state index contributed by atoms with van der Waals surface area (Å²) in [5, 5.41) is 12.0. The predicted octanol–water partition coefficient (Wildman–Crippen LogP) is 1.19. The number of pyridine rings is 1. The number of carboxylic acid groups (broad SMARTS) is 1. The first kappa shape index (κ1) is 26.4. The van der Waals surface area contributed by atoms with Gasteiger partial charge in [0, 0.05) is 56.4 Å². The topological polar surface area (TPSA) is 150 Å². The van der Waals surface area contributed by atoms with E-state index in [1.165, 1.54) is 12.3 Å². The number of H-pyrrole nitrogens is 1. The number of fused-ring (bicyclic) bond motifs is 1. The van der Waals surface area contributed by atoms with Gasteiger partial charge in [-0.15, -0.1) is 0 Å². The SMILES string of the molecule is CCCn1c(=O)cc(NC(=O)CN2CCN(c3cc4c(cc3F)c(=O)c(C(=O)O)cn4C3CC3)CC2)[nH]c1=O. The van der Waals surface area contributed by atoms with E-state index in [0.717, 1.165) is 23.5 Å². The molecular weight excluding hydrogens is 511 g/mol. The number of hydrogen-bond acceptors (Lipinski definition) is 7. The summed E-state index contributed by atoms with van der Waals surface area (Å²) < 4.78 is 18.0. The second-order valence-corrected chi connectivity index (χ2v) is 9.93. The molecule has 206 valence electrons. The lowest BCUT2D eigenvalue weighted by molar-refractivity contribution is -0.117. The number of piperazine rings is 1. The molecule has 0 bridgehead atoms. The molecule has 1 aliphatic heterocycles. The zero-order chi connectivity index (χ0) is 27.8. The summed E-state index contributed by atoms with van der Waals surface area (Å²) in [6, 6.07) is 3.98. The van der Waals surface area contributed by atoms with Gasteiger partial charge in [-0.3, -0.25) is 28.8 Å². The van der Waals surface area contributed by atoms with Crippen molar-refractivity contribution >= 4 is 34.3 Å². The van der Waals surface area contributed by atoms with E-state index in [-0.39, 0.29) is 35.9 Å². The van der Waals surface area contributed by atoms with E-state index in [9.17, 15) is 29.1 Å². The van der Waals surface area contributed by atoms with Gasteiger partial charge >= 0.3 is 11.7 Å². The highest BCUT2D eigenvalue weighted by Crippen LogP contribution is 2.38. The minimum Gasteiger partial charge on any atom is -0.477 e. The first-order valence-electron chi connectivity index (χ1n) is 12.9. The maximum absolute atomic E-state index is 15.2. The van der Waals surface area contributed by atoms with Crippen molar-refractivity contribution < 1.29 is 19.1 Å². The Balaban J connectivity index is 1.28. The van der Waals surface area contributed by atoms with Crippen molar-refractivity contribution in [1.29, 1.82) is 0 Å². The molecule has 0 spiro atoms. The van der Waals surface area contributed by atoms with Gasteiger partial charge in [-0.25, -0.2) is 14.0 Å². The third-order valence-electron chi connectivity index (χ3n) is 7.09. The van der Waals surface area contributed by atoms with Crippen LogP contribution < -0.4 is 26.9 Å². The number of anilines is 2. The van der Waals surface area contributed by atoms with Gasteiger partial charge in [0.05, 0.1) is 17.7 Å². The first-order chi connectivity index (χ1) is 18.7. The number of aromatic amines is 1. The van der Waals surface area contributed by atoms with Gasteiger partial charge in [0.2, 0.25) is 11.3 Å². The highest BCUT2D eigenvalue weighted by atomic mass is 19.1. The number of benzene rings is 1.